The van der Waals surface area contributed by atoms with Gasteiger partial charge >= 0.3 is 0 Å². The molecule has 0 heterocycles. The zero-order valence-corrected chi connectivity index (χ0v) is 14.0. The minimum absolute atomic E-state index is 0.0896. The lowest BCUT2D eigenvalue weighted by molar-refractivity contribution is -0.384. The minimum Gasteiger partial charge on any atom is -0.494 e. The number of carbonyl (C=O) groups is 1. The number of nitrogens with zero attached hydrogens (tertiary/aromatic N) is 1. The van der Waals surface area contributed by atoms with Crippen molar-refractivity contribution in [3.05, 3.63) is 74.4 Å². The minimum atomic E-state index is -0.518. The summed E-state index contributed by atoms with van der Waals surface area (Å²) in [6.45, 7) is 0. The van der Waals surface area contributed by atoms with E-state index in [1.54, 1.807) is 6.07 Å². The van der Waals surface area contributed by atoms with Gasteiger partial charge in [-0.1, -0.05) is 23.2 Å². The van der Waals surface area contributed by atoms with Crippen LogP contribution in [0.3, 0.4) is 0 Å². The summed E-state index contributed by atoms with van der Waals surface area (Å²) >= 11 is 11.7. The predicted octanol–water partition coefficient (Wildman–Crippen LogP) is 4.72. The average Bonchev–Trinajstić information content (AvgIpc) is 2.57. The molecule has 0 aliphatic heterocycles. The van der Waals surface area contributed by atoms with Crippen LogP contribution in [-0.2, 0) is 0 Å². The second-order valence-electron chi connectivity index (χ2n) is 4.61. The number of ether oxygens (including phenoxy) is 1. The number of halogens is 2. The van der Waals surface area contributed by atoms with E-state index in [0.29, 0.717) is 21.3 Å². The predicted molar refractivity (Wildman–Crippen MR) is 93.2 cm³/mol. The number of ketones is 1. The standard InChI is InChI=1S/C16H12Cl2N2O4/c1-24-16-9-11(20(22)23)3-5-14(16)19-7-6-15(21)10-2-4-12(17)13(18)8-10/h2-9,19H,1H3/b7-6-. The second-order valence-corrected chi connectivity index (χ2v) is 5.43. The smallest absolute Gasteiger partial charge is 0.273 e. The van der Waals surface area contributed by atoms with Crippen molar-refractivity contribution in [3.8, 4) is 5.75 Å². The number of hydrogen-bond donors (Lipinski definition) is 1. The van der Waals surface area contributed by atoms with Crippen LogP contribution in [0, 0.1) is 10.1 Å². The highest BCUT2D eigenvalue weighted by Gasteiger charge is 2.10. The van der Waals surface area contributed by atoms with Crippen molar-refractivity contribution in [2.24, 2.45) is 0 Å². The number of anilines is 1. The number of methoxy groups -OCH3 is 1. The highest BCUT2D eigenvalue weighted by molar-refractivity contribution is 6.42. The van der Waals surface area contributed by atoms with Crippen LogP contribution in [0.5, 0.6) is 5.75 Å². The van der Waals surface area contributed by atoms with E-state index in [0.717, 1.165) is 0 Å². The lowest BCUT2D eigenvalue weighted by Gasteiger charge is -2.07. The molecule has 2 rings (SSSR count). The molecular weight excluding hydrogens is 355 g/mol. The van der Waals surface area contributed by atoms with Gasteiger partial charge in [0, 0.05) is 23.9 Å². The first-order valence-electron chi connectivity index (χ1n) is 6.67. The molecule has 0 aliphatic carbocycles. The summed E-state index contributed by atoms with van der Waals surface area (Å²) in [6.07, 6.45) is 2.72. The van der Waals surface area contributed by atoms with E-state index < -0.39 is 4.92 Å². The lowest BCUT2D eigenvalue weighted by Crippen LogP contribution is -1.98. The Labute approximate surface area is 147 Å². The van der Waals surface area contributed by atoms with Gasteiger partial charge in [0.2, 0.25) is 0 Å². The maximum atomic E-state index is 12.0. The largest absolute Gasteiger partial charge is 0.494 e. The average molecular weight is 367 g/mol. The Bertz CT molecular complexity index is 822. The monoisotopic (exact) mass is 366 g/mol. The number of hydrogen-bond acceptors (Lipinski definition) is 5. The van der Waals surface area contributed by atoms with Crippen LogP contribution in [0.2, 0.25) is 10.0 Å². The van der Waals surface area contributed by atoms with Gasteiger partial charge < -0.3 is 10.1 Å². The lowest BCUT2D eigenvalue weighted by atomic mass is 10.1. The molecule has 124 valence electrons. The highest BCUT2D eigenvalue weighted by Crippen LogP contribution is 2.29. The number of rotatable bonds is 6. The van der Waals surface area contributed by atoms with Crippen LogP contribution in [0.25, 0.3) is 0 Å². The molecule has 8 heteroatoms. The molecule has 1 N–H and O–H groups in total. The first-order valence-corrected chi connectivity index (χ1v) is 7.43. The molecule has 0 aliphatic rings. The molecule has 24 heavy (non-hydrogen) atoms. The Balaban J connectivity index is 2.12. The molecule has 0 atom stereocenters. The zero-order chi connectivity index (χ0) is 17.7. The molecule has 0 bridgehead atoms. The van der Waals surface area contributed by atoms with Gasteiger partial charge in [0.15, 0.2) is 5.78 Å². The fourth-order valence-electron chi connectivity index (χ4n) is 1.87. The maximum absolute atomic E-state index is 12.0. The number of carbonyl (C=O) groups excluding carboxylic acids is 1. The van der Waals surface area contributed by atoms with Gasteiger partial charge in [-0.05, 0) is 24.3 Å². The van der Waals surface area contributed by atoms with E-state index in [1.165, 1.54) is 49.7 Å². The van der Waals surface area contributed by atoms with E-state index in [-0.39, 0.29) is 17.2 Å². The SMILES string of the molecule is COc1cc([N+](=O)[O-])ccc1N/C=C\C(=O)c1ccc(Cl)c(Cl)c1. The Morgan fingerprint density at radius 1 is 1.21 bits per heavy atom. The summed E-state index contributed by atoms with van der Waals surface area (Å²) in [7, 11) is 1.40. The van der Waals surface area contributed by atoms with Crippen molar-refractivity contribution in [1.82, 2.24) is 0 Å². The number of nitro groups is 1. The van der Waals surface area contributed by atoms with Gasteiger partial charge in [-0.25, -0.2) is 0 Å². The van der Waals surface area contributed by atoms with Gasteiger partial charge in [0.25, 0.3) is 5.69 Å². The fourth-order valence-corrected chi connectivity index (χ4v) is 2.16. The molecule has 0 fully saturated rings. The van der Waals surface area contributed by atoms with Gasteiger partial charge in [-0.15, -0.1) is 0 Å². The summed E-state index contributed by atoms with van der Waals surface area (Å²) in [5.41, 5.74) is 0.785. The highest BCUT2D eigenvalue weighted by atomic mass is 35.5. The first-order chi connectivity index (χ1) is 11.4. The second kappa shape index (κ2) is 7.81. The third-order valence-electron chi connectivity index (χ3n) is 3.07. The van der Waals surface area contributed by atoms with Crippen LogP contribution in [0.4, 0.5) is 11.4 Å². The molecule has 2 aromatic rings. The van der Waals surface area contributed by atoms with Crippen molar-refractivity contribution < 1.29 is 14.5 Å². The summed E-state index contributed by atoms with van der Waals surface area (Å²) in [6, 6.07) is 8.69. The molecule has 0 radical (unpaired) electrons. The van der Waals surface area contributed by atoms with Gasteiger partial charge in [-0.2, -0.15) is 0 Å². The van der Waals surface area contributed by atoms with Crippen LogP contribution >= 0.6 is 23.2 Å². The third kappa shape index (κ3) is 4.24. The van der Waals surface area contributed by atoms with Gasteiger partial charge in [0.1, 0.15) is 5.75 Å². The van der Waals surface area contributed by atoms with Crippen molar-refractivity contribution in [2.45, 2.75) is 0 Å². The summed E-state index contributed by atoms with van der Waals surface area (Å²) in [4.78, 5) is 22.3. The topological polar surface area (TPSA) is 81.5 Å². The van der Waals surface area contributed by atoms with E-state index in [4.69, 9.17) is 27.9 Å². The number of non-ortho nitro benzene ring substituents is 1. The van der Waals surface area contributed by atoms with Crippen LogP contribution < -0.4 is 10.1 Å². The third-order valence-corrected chi connectivity index (χ3v) is 3.81. The Kier molecular flexibility index (Phi) is 5.78. The number of nitro benzene ring substituents is 1. The van der Waals surface area contributed by atoms with E-state index in [9.17, 15) is 14.9 Å². The summed E-state index contributed by atoms with van der Waals surface area (Å²) in [5.74, 6) is 0.0118. The van der Waals surface area contributed by atoms with E-state index in [1.807, 2.05) is 0 Å². The molecule has 0 amide bonds. The number of nitrogens with one attached hydrogen (secondary N) is 1. The summed E-state index contributed by atoms with van der Waals surface area (Å²) in [5, 5.41) is 14.3. The number of allylic oxidation sites excluding steroid dienone is 1. The Hall–Kier alpha value is -2.57. The van der Waals surface area contributed by atoms with Gasteiger partial charge in [-0.3, -0.25) is 14.9 Å². The molecule has 0 unspecified atom stereocenters. The fraction of sp³-hybridized carbons (Fsp3) is 0.0625. The van der Waals surface area contributed by atoms with Crippen molar-refractivity contribution in [2.75, 3.05) is 12.4 Å². The van der Waals surface area contributed by atoms with Crippen LogP contribution in [0.1, 0.15) is 10.4 Å². The number of benzene rings is 2. The normalized spacial score (nSPS) is 10.6. The van der Waals surface area contributed by atoms with Crippen molar-refractivity contribution in [1.29, 1.82) is 0 Å². The zero-order valence-electron chi connectivity index (χ0n) is 12.5. The molecule has 0 spiro atoms. The Morgan fingerprint density at radius 3 is 2.58 bits per heavy atom. The quantitative estimate of drug-likeness (QED) is 0.346. The first kappa shape index (κ1) is 17.8. The van der Waals surface area contributed by atoms with Crippen molar-refractivity contribution in [3.63, 3.8) is 0 Å². The molecule has 6 nitrogen and oxygen atoms in total. The molecular formula is C16H12Cl2N2O4. The molecule has 2 aromatic carbocycles. The maximum Gasteiger partial charge on any atom is 0.273 e. The van der Waals surface area contributed by atoms with E-state index in [2.05, 4.69) is 5.32 Å². The van der Waals surface area contributed by atoms with Crippen LogP contribution in [-0.4, -0.2) is 17.8 Å². The van der Waals surface area contributed by atoms with E-state index >= 15 is 0 Å². The van der Waals surface area contributed by atoms with Gasteiger partial charge in [0.05, 0.1) is 33.8 Å². The molecule has 0 aromatic heterocycles. The summed E-state index contributed by atoms with van der Waals surface area (Å²) < 4.78 is 5.09. The molecule has 0 saturated heterocycles. The molecule has 0 saturated carbocycles. The van der Waals surface area contributed by atoms with Crippen LogP contribution in [0.15, 0.2) is 48.7 Å². The van der Waals surface area contributed by atoms with Crippen molar-refractivity contribution >= 4 is 40.4 Å². The Morgan fingerprint density at radius 2 is 1.96 bits per heavy atom.